The Morgan fingerprint density at radius 1 is 1.21 bits per heavy atom. The van der Waals surface area contributed by atoms with Crippen LogP contribution in [0.2, 0.25) is 0 Å². The molecule has 2 heterocycles. The molecular weight excluding hydrogens is 310 g/mol. The van der Waals surface area contributed by atoms with Gasteiger partial charge in [0.05, 0.1) is 18.8 Å². The van der Waals surface area contributed by atoms with Crippen LogP contribution in [0.4, 0.5) is 4.79 Å². The molecule has 0 radical (unpaired) electrons. The number of rotatable bonds is 2. The van der Waals surface area contributed by atoms with Gasteiger partial charge in [0.15, 0.2) is 0 Å². The number of amides is 2. The number of nitrogens with one attached hydrogen (secondary N) is 1. The summed E-state index contributed by atoms with van der Waals surface area (Å²) in [6, 6.07) is 7.32. The molecule has 2 aliphatic heterocycles. The first-order valence-electron chi connectivity index (χ1n) is 8.22. The maximum Gasteiger partial charge on any atom is 0.408 e. The second-order valence-corrected chi connectivity index (χ2v) is 6.33. The van der Waals surface area contributed by atoms with E-state index in [9.17, 15) is 14.7 Å². The zero-order valence-electron chi connectivity index (χ0n) is 13.8. The third kappa shape index (κ3) is 2.97. The van der Waals surface area contributed by atoms with Crippen LogP contribution < -0.4 is 5.32 Å². The number of carboxylic acid groups (broad SMARTS) is 1. The minimum Gasteiger partial charge on any atom is -0.465 e. The van der Waals surface area contributed by atoms with Gasteiger partial charge >= 0.3 is 6.09 Å². The lowest BCUT2D eigenvalue weighted by molar-refractivity contribution is 0.0293. The highest BCUT2D eigenvalue weighted by molar-refractivity contribution is 5.96. The van der Waals surface area contributed by atoms with E-state index < -0.39 is 11.6 Å². The zero-order chi connectivity index (χ0) is 17.2. The Hall–Kier alpha value is -2.12. The average Bonchev–Trinajstić information content (AvgIpc) is 2.62. The molecule has 0 aromatic heterocycles. The number of piperazine rings is 1. The van der Waals surface area contributed by atoms with Crippen LogP contribution in [0.1, 0.15) is 22.8 Å². The summed E-state index contributed by atoms with van der Waals surface area (Å²) in [4.78, 5) is 27.9. The molecule has 2 saturated heterocycles. The Balaban J connectivity index is 1.98. The van der Waals surface area contributed by atoms with Gasteiger partial charge in [0, 0.05) is 38.3 Å². The molecule has 2 aliphatic rings. The van der Waals surface area contributed by atoms with E-state index in [0.717, 1.165) is 5.56 Å². The van der Waals surface area contributed by atoms with Crippen LogP contribution in [-0.4, -0.2) is 72.8 Å². The molecular formula is C17H23N3O4. The predicted octanol–water partition coefficient (Wildman–Crippen LogP) is 0.957. The second kappa shape index (κ2) is 6.78. The van der Waals surface area contributed by atoms with Crippen molar-refractivity contribution in [3.05, 3.63) is 35.4 Å². The Labute approximate surface area is 141 Å². The van der Waals surface area contributed by atoms with Crippen LogP contribution in [0.5, 0.6) is 0 Å². The third-order valence-corrected chi connectivity index (χ3v) is 4.84. The van der Waals surface area contributed by atoms with Crippen molar-refractivity contribution in [3.8, 4) is 0 Å². The first kappa shape index (κ1) is 16.7. The van der Waals surface area contributed by atoms with Gasteiger partial charge in [-0.25, -0.2) is 4.79 Å². The van der Waals surface area contributed by atoms with Crippen molar-refractivity contribution in [2.45, 2.75) is 12.5 Å². The van der Waals surface area contributed by atoms with E-state index in [1.165, 1.54) is 4.90 Å². The summed E-state index contributed by atoms with van der Waals surface area (Å²) in [5.41, 5.74) is 0.538. The van der Waals surface area contributed by atoms with E-state index in [-0.39, 0.29) is 5.91 Å². The molecule has 1 aromatic carbocycles. The molecule has 1 atom stereocenters. The number of hydrogen-bond donors (Lipinski definition) is 2. The van der Waals surface area contributed by atoms with Gasteiger partial charge in [0.1, 0.15) is 0 Å². The van der Waals surface area contributed by atoms with Crippen LogP contribution in [0.15, 0.2) is 24.3 Å². The summed E-state index contributed by atoms with van der Waals surface area (Å²) in [6.45, 7) is 5.55. The fourth-order valence-corrected chi connectivity index (χ4v) is 3.49. The summed E-state index contributed by atoms with van der Waals surface area (Å²) in [5.74, 6) is -0.0639. The second-order valence-electron chi connectivity index (χ2n) is 6.33. The summed E-state index contributed by atoms with van der Waals surface area (Å²) >= 11 is 0. The van der Waals surface area contributed by atoms with Gasteiger partial charge in [-0.3, -0.25) is 9.69 Å². The van der Waals surface area contributed by atoms with Crippen molar-refractivity contribution >= 4 is 12.0 Å². The van der Waals surface area contributed by atoms with Crippen molar-refractivity contribution in [1.82, 2.24) is 15.1 Å². The minimum absolute atomic E-state index is 0.0639. The summed E-state index contributed by atoms with van der Waals surface area (Å²) < 4.78 is 5.31. The van der Waals surface area contributed by atoms with Gasteiger partial charge in [0.2, 0.25) is 0 Å². The Kier molecular flexibility index (Phi) is 4.73. The normalized spacial score (nSPS) is 24.7. The molecule has 130 valence electrons. The van der Waals surface area contributed by atoms with Crippen molar-refractivity contribution < 1.29 is 19.4 Å². The van der Waals surface area contributed by atoms with E-state index in [4.69, 9.17) is 4.74 Å². The molecule has 2 amide bonds. The van der Waals surface area contributed by atoms with Gasteiger partial charge in [0.25, 0.3) is 5.91 Å². The zero-order valence-corrected chi connectivity index (χ0v) is 13.8. The minimum atomic E-state index is -0.965. The van der Waals surface area contributed by atoms with Gasteiger partial charge in [-0.15, -0.1) is 0 Å². The summed E-state index contributed by atoms with van der Waals surface area (Å²) in [7, 11) is 0. The fraction of sp³-hybridized carbons (Fsp3) is 0.529. The molecule has 0 saturated carbocycles. The molecule has 3 rings (SSSR count). The molecule has 7 nitrogen and oxygen atoms in total. The molecule has 2 fully saturated rings. The van der Waals surface area contributed by atoms with Crippen molar-refractivity contribution in [3.63, 3.8) is 0 Å². The standard InChI is InChI=1S/C17H23N3O4/c1-17(12-18-6-7-20(17)16(22)23)14-5-3-2-4-13(14)15(21)19-8-10-24-11-9-19/h2-5,18H,6-12H2,1H3,(H,22,23). The highest BCUT2D eigenvalue weighted by Gasteiger charge is 2.41. The van der Waals surface area contributed by atoms with Gasteiger partial charge < -0.3 is 20.1 Å². The highest BCUT2D eigenvalue weighted by atomic mass is 16.5. The lowest BCUT2D eigenvalue weighted by atomic mass is 9.84. The molecule has 0 bridgehead atoms. The Bertz CT molecular complexity index is 630. The molecule has 0 spiro atoms. The van der Waals surface area contributed by atoms with Crippen LogP contribution in [0.3, 0.4) is 0 Å². The maximum absolute atomic E-state index is 13.0. The number of carbonyl (C=O) groups excluding carboxylic acids is 1. The largest absolute Gasteiger partial charge is 0.465 e. The monoisotopic (exact) mass is 333 g/mol. The number of hydrogen-bond acceptors (Lipinski definition) is 4. The van der Waals surface area contributed by atoms with Crippen molar-refractivity contribution in [2.24, 2.45) is 0 Å². The first-order valence-corrected chi connectivity index (χ1v) is 8.22. The van der Waals surface area contributed by atoms with Crippen molar-refractivity contribution in [2.75, 3.05) is 45.9 Å². The molecule has 24 heavy (non-hydrogen) atoms. The first-order chi connectivity index (χ1) is 11.5. The van der Waals surface area contributed by atoms with Gasteiger partial charge in [-0.1, -0.05) is 18.2 Å². The number of carbonyl (C=O) groups is 2. The smallest absolute Gasteiger partial charge is 0.408 e. The van der Waals surface area contributed by atoms with Crippen molar-refractivity contribution in [1.29, 1.82) is 0 Å². The van der Waals surface area contributed by atoms with E-state index in [2.05, 4.69) is 5.32 Å². The van der Waals surface area contributed by atoms with Gasteiger partial charge in [-0.2, -0.15) is 0 Å². The highest BCUT2D eigenvalue weighted by Crippen LogP contribution is 2.32. The summed E-state index contributed by atoms with van der Waals surface area (Å²) in [6.07, 6.45) is -0.965. The Morgan fingerprint density at radius 3 is 2.62 bits per heavy atom. The SMILES string of the molecule is CC1(c2ccccc2C(=O)N2CCOCC2)CNCCN1C(=O)O. The number of morpholine rings is 1. The van der Waals surface area contributed by atoms with Crippen LogP contribution in [0, 0.1) is 0 Å². The average molecular weight is 333 g/mol. The van der Waals surface area contributed by atoms with Crippen LogP contribution in [-0.2, 0) is 10.3 Å². The van der Waals surface area contributed by atoms with E-state index in [1.54, 1.807) is 11.0 Å². The van der Waals surface area contributed by atoms with Crippen LogP contribution >= 0.6 is 0 Å². The molecule has 1 unspecified atom stereocenters. The number of benzene rings is 1. The molecule has 2 N–H and O–H groups in total. The Morgan fingerprint density at radius 2 is 1.92 bits per heavy atom. The molecule has 1 aromatic rings. The lowest BCUT2D eigenvalue weighted by Gasteiger charge is -2.44. The topological polar surface area (TPSA) is 82.1 Å². The predicted molar refractivity (Wildman–Crippen MR) is 88.1 cm³/mol. The maximum atomic E-state index is 13.0. The van der Waals surface area contributed by atoms with E-state index in [0.29, 0.717) is 51.5 Å². The quantitative estimate of drug-likeness (QED) is 0.842. The fourth-order valence-electron chi connectivity index (χ4n) is 3.49. The van der Waals surface area contributed by atoms with Crippen LogP contribution in [0.25, 0.3) is 0 Å². The molecule has 7 heteroatoms. The molecule has 0 aliphatic carbocycles. The summed E-state index contributed by atoms with van der Waals surface area (Å²) in [5, 5.41) is 12.9. The number of ether oxygens (including phenoxy) is 1. The lowest BCUT2D eigenvalue weighted by Crippen LogP contribution is -2.59. The third-order valence-electron chi connectivity index (χ3n) is 4.84. The number of nitrogens with zero attached hydrogens (tertiary/aromatic N) is 2. The van der Waals surface area contributed by atoms with Gasteiger partial charge in [-0.05, 0) is 18.6 Å². The van der Waals surface area contributed by atoms with E-state index >= 15 is 0 Å². The van der Waals surface area contributed by atoms with E-state index in [1.807, 2.05) is 25.1 Å².